The molecule has 0 aliphatic heterocycles. The number of carbonyl (C=O) groups excluding carboxylic acids is 1. The van der Waals surface area contributed by atoms with Gasteiger partial charge in [-0.1, -0.05) is 30.6 Å². The first kappa shape index (κ1) is 15.6. The van der Waals surface area contributed by atoms with E-state index in [9.17, 15) is 4.79 Å². The van der Waals surface area contributed by atoms with Gasteiger partial charge in [-0.05, 0) is 5.92 Å². The number of imidazole rings is 1. The number of halogens is 1. The van der Waals surface area contributed by atoms with Crippen LogP contribution < -0.4 is 5.32 Å². The van der Waals surface area contributed by atoms with Gasteiger partial charge in [0, 0.05) is 38.3 Å². The minimum atomic E-state index is -0.115. The Morgan fingerprint density at radius 1 is 1.52 bits per heavy atom. The molecule has 0 fully saturated rings. The number of nitrogens with one attached hydrogen (secondary N) is 1. The molecule has 0 aromatic carbocycles. The monoisotopic (exact) mass is 310 g/mol. The first-order chi connectivity index (χ1) is 9.97. The molecule has 0 saturated carbocycles. The molecule has 0 aliphatic rings. The van der Waals surface area contributed by atoms with Gasteiger partial charge in [-0.3, -0.25) is 4.79 Å². The molecule has 0 spiro atoms. The highest BCUT2D eigenvalue weighted by atomic mass is 35.5. The van der Waals surface area contributed by atoms with Gasteiger partial charge in [0.25, 0.3) is 0 Å². The molecular weight excluding hydrogens is 292 g/mol. The number of amides is 1. The lowest BCUT2D eigenvalue weighted by atomic mass is 10.0. The SMILES string of the molecule is CC(C)[C@H](NC(=O)CCc1cc(Cl)no1)c1nccn1C. The van der Waals surface area contributed by atoms with Gasteiger partial charge in [-0.2, -0.15) is 0 Å². The van der Waals surface area contributed by atoms with Crippen LogP contribution in [0.15, 0.2) is 23.0 Å². The van der Waals surface area contributed by atoms with Crippen LogP contribution in [0.5, 0.6) is 0 Å². The highest BCUT2D eigenvalue weighted by Crippen LogP contribution is 2.20. The van der Waals surface area contributed by atoms with Crippen LogP contribution in [0.1, 0.15) is 37.9 Å². The van der Waals surface area contributed by atoms with Crippen molar-refractivity contribution in [3.63, 3.8) is 0 Å². The van der Waals surface area contributed by atoms with Gasteiger partial charge >= 0.3 is 0 Å². The van der Waals surface area contributed by atoms with E-state index < -0.39 is 0 Å². The summed E-state index contributed by atoms with van der Waals surface area (Å²) in [5.74, 6) is 1.65. The summed E-state index contributed by atoms with van der Waals surface area (Å²) in [7, 11) is 1.92. The van der Waals surface area contributed by atoms with Crippen LogP contribution >= 0.6 is 11.6 Å². The van der Waals surface area contributed by atoms with E-state index in [0.29, 0.717) is 23.8 Å². The molecule has 2 rings (SSSR count). The van der Waals surface area contributed by atoms with Gasteiger partial charge in [0.05, 0.1) is 6.04 Å². The summed E-state index contributed by atoms with van der Waals surface area (Å²) in [4.78, 5) is 16.4. The first-order valence-electron chi connectivity index (χ1n) is 6.85. The van der Waals surface area contributed by atoms with Crippen LogP contribution in [0.3, 0.4) is 0 Å². The van der Waals surface area contributed by atoms with E-state index in [2.05, 4.69) is 29.3 Å². The number of aromatic nitrogens is 3. The molecule has 0 bridgehead atoms. The predicted molar refractivity (Wildman–Crippen MR) is 78.8 cm³/mol. The summed E-state index contributed by atoms with van der Waals surface area (Å²) in [6.07, 6.45) is 4.39. The van der Waals surface area contributed by atoms with Gasteiger partial charge in [0.2, 0.25) is 5.91 Å². The Labute approximate surface area is 128 Å². The summed E-state index contributed by atoms with van der Waals surface area (Å²) < 4.78 is 6.90. The van der Waals surface area contributed by atoms with Gasteiger partial charge in [0.1, 0.15) is 11.6 Å². The molecular formula is C14H19ClN4O2. The Morgan fingerprint density at radius 3 is 2.81 bits per heavy atom. The molecule has 2 heterocycles. The smallest absolute Gasteiger partial charge is 0.221 e. The molecule has 7 heteroatoms. The van der Waals surface area contributed by atoms with Gasteiger partial charge < -0.3 is 14.4 Å². The number of nitrogens with zero attached hydrogens (tertiary/aromatic N) is 3. The van der Waals surface area contributed by atoms with Gasteiger partial charge in [-0.15, -0.1) is 0 Å². The highest BCUT2D eigenvalue weighted by Gasteiger charge is 2.22. The van der Waals surface area contributed by atoms with Crippen LogP contribution in [0, 0.1) is 5.92 Å². The Hall–Kier alpha value is -1.82. The Bertz CT molecular complexity index is 606. The molecule has 0 unspecified atom stereocenters. The molecule has 1 amide bonds. The lowest BCUT2D eigenvalue weighted by Crippen LogP contribution is -2.33. The molecule has 114 valence electrons. The highest BCUT2D eigenvalue weighted by molar-refractivity contribution is 6.29. The summed E-state index contributed by atoms with van der Waals surface area (Å²) >= 11 is 5.67. The second kappa shape index (κ2) is 6.76. The molecule has 2 aromatic rings. The standard InChI is InChI=1S/C14H19ClN4O2/c1-9(2)13(14-16-6-7-19(14)3)17-12(20)5-4-10-8-11(15)18-21-10/h6-9,13H,4-5H2,1-3H3,(H,17,20)/t13-/m0/s1. The van der Waals surface area contributed by atoms with E-state index in [0.717, 1.165) is 5.82 Å². The maximum atomic E-state index is 12.1. The fourth-order valence-corrected chi connectivity index (χ4v) is 2.25. The van der Waals surface area contributed by atoms with E-state index in [4.69, 9.17) is 16.1 Å². The normalized spacial score (nSPS) is 12.6. The van der Waals surface area contributed by atoms with Crippen LogP contribution in [0.2, 0.25) is 5.15 Å². The van der Waals surface area contributed by atoms with Crippen LogP contribution in [0.4, 0.5) is 0 Å². The van der Waals surface area contributed by atoms with Crippen molar-refractivity contribution in [2.45, 2.75) is 32.7 Å². The van der Waals surface area contributed by atoms with E-state index in [1.807, 2.05) is 17.8 Å². The molecule has 21 heavy (non-hydrogen) atoms. The lowest BCUT2D eigenvalue weighted by Gasteiger charge is -2.22. The number of hydrogen-bond acceptors (Lipinski definition) is 4. The third-order valence-corrected chi connectivity index (χ3v) is 3.43. The van der Waals surface area contributed by atoms with E-state index in [-0.39, 0.29) is 17.9 Å². The van der Waals surface area contributed by atoms with Crippen LogP contribution in [-0.2, 0) is 18.3 Å². The minimum absolute atomic E-state index is 0.0516. The summed E-state index contributed by atoms with van der Waals surface area (Å²) in [6.45, 7) is 4.10. The average Bonchev–Trinajstić information content (AvgIpc) is 3.02. The maximum Gasteiger partial charge on any atom is 0.221 e. The third-order valence-electron chi connectivity index (χ3n) is 3.25. The van der Waals surface area contributed by atoms with Crippen molar-refractivity contribution in [1.82, 2.24) is 20.0 Å². The molecule has 0 saturated heterocycles. The van der Waals surface area contributed by atoms with Crippen molar-refractivity contribution in [2.24, 2.45) is 13.0 Å². The van der Waals surface area contributed by atoms with Crippen LogP contribution in [0.25, 0.3) is 0 Å². The van der Waals surface area contributed by atoms with E-state index in [1.165, 1.54) is 0 Å². The molecule has 6 nitrogen and oxygen atoms in total. The van der Waals surface area contributed by atoms with E-state index in [1.54, 1.807) is 12.3 Å². The van der Waals surface area contributed by atoms with Crippen molar-refractivity contribution >= 4 is 17.5 Å². The molecule has 0 radical (unpaired) electrons. The third kappa shape index (κ3) is 4.07. The first-order valence-corrected chi connectivity index (χ1v) is 7.23. The zero-order valence-corrected chi connectivity index (χ0v) is 13.1. The Balaban J connectivity index is 1.94. The Morgan fingerprint density at radius 2 is 2.29 bits per heavy atom. The molecule has 1 atom stereocenters. The number of carbonyl (C=O) groups is 1. The lowest BCUT2D eigenvalue weighted by molar-refractivity contribution is -0.122. The van der Waals surface area contributed by atoms with Crippen molar-refractivity contribution in [1.29, 1.82) is 0 Å². The van der Waals surface area contributed by atoms with E-state index >= 15 is 0 Å². The zero-order valence-electron chi connectivity index (χ0n) is 12.3. The van der Waals surface area contributed by atoms with Crippen molar-refractivity contribution in [3.8, 4) is 0 Å². The molecule has 2 aromatic heterocycles. The fourth-order valence-electron chi connectivity index (χ4n) is 2.09. The minimum Gasteiger partial charge on any atom is -0.360 e. The van der Waals surface area contributed by atoms with Gasteiger partial charge in [0.15, 0.2) is 5.15 Å². The number of rotatable bonds is 6. The molecule has 1 N–H and O–H groups in total. The summed E-state index contributed by atoms with van der Waals surface area (Å²) in [5, 5.41) is 6.90. The zero-order chi connectivity index (χ0) is 15.4. The average molecular weight is 311 g/mol. The van der Waals surface area contributed by atoms with Gasteiger partial charge in [-0.25, -0.2) is 4.98 Å². The quantitative estimate of drug-likeness (QED) is 0.889. The van der Waals surface area contributed by atoms with Crippen molar-refractivity contribution < 1.29 is 9.32 Å². The fraction of sp³-hybridized carbons (Fsp3) is 0.500. The van der Waals surface area contributed by atoms with Crippen LogP contribution in [-0.4, -0.2) is 20.6 Å². The summed E-state index contributed by atoms with van der Waals surface area (Å²) in [5.41, 5.74) is 0. The number of aryl methyl sites for hydroxylation is 2. The Kier molecular flexibility index (Phi) is 5.01. The summed E-state index contributed by atoms with van der Waals surface area (Å²) in [6, 6.07) is 1.50. The second-order valence-corrected chi connectivity index (χ2v) is 5.69. The second-order valence-electron chi connectivity index (χ2n) is 5.30. The number of hydrogen-bond donors (Lipinski definition) is 1. The topological polar surface area (TPSA) is 73.0 Å². The predicted octanol–water partition coefficient (Wildman–Crippen LogP) is 2.51. The largest absolute Gasteiger partial charge is 0.360 e. The maximum absolute atomic E-state index is 12.1. The van der Waals surface area contributed by atoms with Crippen molar-refractivity contribution in [2.75, 3.05) is 0 Å². The molecule has 0 aliphatic carbocycles. The van der Waals surface area contributed by atoms with Crippen molar-refractivity contribution in [3.05, 3.63) is 35.2 Å².